The van der Waals surface area contributed by atoms with Gasteiger partial charge >= 0.3 is 0 Å². The Hall–Kier alpha value is -3.39. The van der Waals surface area contributed by atoms with Gasteiger partial charge in [-0.1, -0.05) is 42.5 Å². The second-order valence-electron chi connectivity index (χ2n) is 7.92. The molecule has 7 nitrogen and oxygen atoms in total. The van der Waals surface area contributed by atoms with Crippen molar-refractivity contribution in [2.75, 3.05) is 23.4 Å². The number of anilines is 1. The van der Waals surface area contributed by atoms with Crippen LogP contribution in [-0.2, 0) is 14.6 Å². The van der Waals surface area contributed by atoms with Crippen molar-refractivity contribution in [1.29, 1.82) is 0 Å². The minimum Gasteiger partial charge on any atom is -0.483 e. The normalized spacial score (nSPS) is 17.1. The topological polar surface area (TPSA) is 102 Å². The van der Waals surface area contributed by atoms with Crippen molar-refractivity contribution in [2.45, 2.75) is 19.4 Å². The molecule has 0 aliphatic carbocycles. The van der Waals surface area contributed by atoms with E-state index in [0.29, 0.717) is 17.7 Å². The van der Waals surface area contributed by atoms with Crippen molar-refractivity contribution >= 4 is 38.1 Å². The van der Waals surface area contributed by atoms with Gasteiger partial charge in [-0.05, 0) is 47.9 Å². The van der Waals surface area contributed by atoms with E-state index in [1.54, 1.807) is 12.1 Å². The van der Waals surface area contributed by atoms with Crippen LogP contribution in [0.2, 0.25) is 0 Å². The van der Waals surface area contributed by atoms with Gasteiger partial charge in [-0.25, -0.2) is 8.42 Å². The van der Waals surface area contributed by atoms with Crippen molar-refractivity contribution in [3.8, 4) is 5.75 Å². The lowest BCUT2D eigenvalue weighted by Gasteiger charge is -2.15. The van der Waals surface area contributed by atoms with E-state index < -0.39 is 21.8 Å². The van der Waals surface area contributed by atoms with Gasteiger partial charge < -0.3 is 15.4 Å². The van der Waals surface area contributed by atoms with Gasteiger partial charge in [0.15, 0.2) is 16.4 Å². The summed E-state index contributed by atoms with van der Waals surface area (Å²) in [4.78, 5) is 25.4. The molecule has 3 aromatic rings. The Morgan fingerprint density at radius 2 is 1.72 bits per heavy atom. The van der Waals surface area contributed by atoms with Crippen LogP contribution in [0.1, 0.15) is 22.3 Å². The lowest BCUT2D eigenvalue weighted by molar-refractivity contribution is -0.123. The number of hydrogen-bond donors (Lipinski definition) is 2. The number of fused-ring (bicyclic) bond motifs is 1. The fraction of sp³-hybridized carbons (Fsp3) is 0.250. The smallest absolute Gasteiger partial charge is 0.259 e. The number of nitrogens with one attached hydrogen (secondary N) is 2. The highest BCUT2D eigenvalue weighted by molar-refractivity contribution is 7.91. The number of hydrogen-bond acceptors (Lipinski definition) is 5. The molecule has 8 heteroatoms. The predicted molar refractivity (Wildman–Crippen MR) is 124 cm³/mol. The molecule has 166 valence electrons. The largest absolute Gasteiger partial charge is 0.483 e. The summed E-state index contributed by atoms with van der Waals surface area (Å²) in [7, 11) is -3.09. The predicted octanol–water partition coefficient (Wildman–Crippen LogP) is 3.08. The second-order valence-corrected chi connectivity index (χ2v) is 10.1. The lowest BCUT2D eigenvalue weighted by Crippen LogP contribution is -2.38. The van der Waals surface area contributed by atoms with Crippen molar-refractivity contribution < 1.29 is 22.7 Å². The molecule has 0 saturated carbocycles. The number of sulfone groups is 1. The molecule has 0 spiro atoms. The molecular formula is C24H24N2O5S. The zero-order valence-corrected chi connectivity index (χ0v) is 18.4. The maximum absolute atomic E-state index is 13.1. The number of carbonyl (C=O) groups excluding carboxylic acids is 2. The van der Waals surface area contributed by atoms with Crippen molar-refractivity contribution in [2.24, 2.45) is 0 Å². The first kappa shape index (κ1) is 21.8. The van der Waals surface area contributed by atoms with Crippen LogP contribution in [0.25, 0.3) is 10.8 Å². The standard InChI is InChI=1S/C24H24N2O5S/c1-16-6-2-5-9-21(16)26-24(28)20-12-17-7-3-4-8-18(17)13-22(20)31-14-23(27)25-19-10-11-32(29,30)15-19/h2-9,12-13,19H,10-11,14-15H2,1H3,(H,25,27)(H,26,28)/t19-/m1/s1. The molecule has 32 heavy (non-hydrogen) atoms. The molecule has 1 atom stereocenters. The van der Waals surface area contributed by atoms with E-state index in [-0.39, 0.29) is 29.8 Å². The van der Waals surface area contributed by atoms with Crippen LogP contribution < -0.4 is 15.4 Å². The lowest BCUT2D eigenvalue weighted by atomic mass is 10.0. The fourth-order valence-electron chi connectivity index (χ4n) is 3.74. The summed E-state index contributed by atoms with van der Waals surface area (Å²) in [6.07, 6.45) is 0.397. The summed E-state index contributed by atoms with van der Waals surface area (Å²) < 4.78 is 28.9. The van der Waals surface area contributed by atoms with E-state index >= 15 is 0 Å². The SMILES string of the molecule is Cc1ccccc1NC(=O)c1cc2ccccc2cc1OCC(=O)N[C@@H]1CCS(=O)(=O)C1. The molecule has 2 N–H and O–H groups in total. The zero-order chi connectivity index (χ0) is 22.7. The monoisotopic (exact) mass is 452 g/mol. The average Bonchev–Trinajstić information content (AvgIpc) is 3.11. The van der Waals surface area contributed by atoms with Crippen LogP contribution in [0.3, 0.4) is 0 Å². The molecule has 0 radical (unpaired) electrons. The first-order valence-electron chi connectivity index (χ1n) is 10.3. The van der Waals surface area contributed by atoms with Crippen molar-refractivity contribution in [3.05, 3.63) is 71.8 Å². The van der Waals surface area contributed by atoms with Gasteiger partial charge in [-0.2, -0.15) is 0 Å². The number of para-hydroxylation sites is 1. The molecule has 1 saturated heterocycles. The number of carbonyl (C=O) groups is 2. The van der Waals surface area contributed by atoms with Gasteiger partial charge in [0.05, 0.1) is 17.1 Å². The number of rotatable bonds is 6. The second kappa shape index (κ2) is 9.00. The molecular weight excluding hydrogens is 428 g/mol. The molecule has 0 aromatic heterocycles. The Bertz CT molecular complexity index is 1290. The van der Waals surface area contributed by atoms with Gasteiger partial charge in [0.1, 0.15) is 5.75 Å². The first-order valence-corrected chi connectivity index (χ1v) is 12.2. The minimum absolute atomic E-state index is 0.0567. The molecule has 0 unspecified atom stereocenters. The number of amides is 2. The van der Waals surface area contributed by atoms with E-state index in [9.17, 15) is 18.0 Å². The number of benzene rings is 3. The molecule has 1 aliphatic rings. The molecule has 1 heterocycles. The average molecular weight is 453 g/mol. The number of ether oxygens (including phenoxy) is 1. The summed E-state index contributed by atoms with van der Waals surface area (Å²) >= 11 is 0. The third-order valence-corrected chi connectivity index (χ3v) is 7.21. The van der Waals surface area contributed by atoms with Crippen molar-refractivity contribution in [1.82, 2.24) is 5.32 Å². The molecule has 2 amide bonds. The summed E-state index contributed by atoms with van der Waals surface area (Å²) in [5.41, 5.74) is 1.93. The van der Waals surface area contributed by atoms with Gasteiger partial charge in [-0.15, -0.1) is 0 Å². The Morgan fingerprint density at radius 3 is 2.41 bits per heavy atom. The van der Waals surface area contributed by atoms with Gasteiger partial charge in [-0.3, -0.25) is 9.59 Å². The molecule has 1 fully saturated rings. The van der Waals surface area contributed by atoms with E-state index in [1.807, 2.05) is 55.5 Å². The Balaban J connectivity index is 1.53. The molecule has 1 aliphatic heterocycles. The maximum Gasteiger partial charge on any atom is 0.259 e. The zero-order valence-electron chi connectivity index (χ0n) is 17.6. The van der Waals surface area contributed by atoms with Crippen LogP contribution in [0.15, 0.2) is 60.7 Å². The van der Waals surface area contributed by atoms with Crippen LogP contribution in [-0.4, -0.2) is 44.4 Å². The van der Waals surface area contributed by atoms with Crippen LogP contribution in [0.4, 0.5) is 5.69 Å². The van der Waals surface area contributed by atoms with Crippen LogP contribution in [0, 0.1) is 6.92 Å². The highest BCUT2D eigenvalue weighted by Crippen LogP contribution is 2.27. The summed E-state index contributed by atoms with van der Waals surface area (Å²) in [5, 5.41) is 7.34. The summed E-state index contributed by atoms with van der Waals surface area (Å²) in [6, 6.07) is 18.1. The quantitative estimate of drug-likeness (QED) is 0.599. The minimum atomic E-state index is -3.09. The highest BCUT2D eigenvalue weighted by atomic mass is 32.2. The maximum atomic E-state index is 13.1. The van der Waals surface area contributed by atoms with Crippen LogP contribution >= 0.6 is 0 Å². The van der Waals surface area contributed by atoms with E-state index in [0.717, 1.165) is 16.3 Å². The van der Waals surface area contributed by atoms with E-state index in [1.165, 1.54) is 0 Å². The van der Waals surface area contributed by atoms with Gasteiger partial charge in [0.2, 0.25) is 0 Å². The third-order valence-electron chi connectivity index (χ3n) is 5.44. The number of aryl methyl sites for hydroxylation is 1. The Labute approximate surface area is 186 Å². The molecule has 0 bridgehead atoms. The Morgan fingerprint density at radius 1 is 1.03 bits per heavy atom. The van der Waals surface area contributed by atoms with Crippen LogP contribution in [0.5, 0.6) is 5.75 Å². The van der Waals surface area contributed by atoms with Crippen molar-refractivity contribution in [3.63, 3.8) is 0 Å². The fourth-order valence-corrected chi connectivity index (χ4v) is 5.41. The van der Waals surface area contributed by atoms with Gasteiger partial charge in [0, 0.05) is 11.7 Å². The Kier molecular flexibility index (Phi) is 6.14. The summed E-state index contributed by atoms with van der Waals surface area (Å²) in [5.74, 6) is -0.470. The van der Waals surface area contributed by atoms with E-state index in [4.69, 9.17) is 4.74 Å². The first-order chi connectivity index (χ1) is 15.3. The van der Waals surface area contributed by atoms with Gasteiger partial charge in [0.25, 0.3) is 11.8 Å². The van der Waals surface area contributed by atoms with E-state index in [2.05, 4.69) is 10.6 Å². The third kappa shape index (κ3) is 5.08. The molecule has 3 aromatic carbocycles. The molecule has 4 rings (SSSR count). The summed E-state index contributed by atoms with van der Waals surface area (Å²) in [6.45, 7) is 1.58. The highest BCUT2D eigenvalue weighted by Gasteiger charge is 2.29.